The number of nitrogens with zero attached hydrogens (tertiary/aromatic N) is 3. The third-order valence-corrected chi connectivity index (χ3v) is 4.13. The molecule has 1 heterocycles. The zero-order valence-electron chi connectivity index (χ0n) is 14.5. The lowest BCUT2D eigenvalue weighted by Gasteiger charge is -2.15. The third kappa shape index (κ3) is 4.58. The highest BCUT2D eigenvalue weighted by Crippen LogP contribution is 2.26. The Bertz CT molecular complexity index is 680. The van der Waals surface area contributed by atoms with Gasteiger partial charge in [0.15, 0.2) is 0 Å². The van der Waals surface area contributed by atoms with Crippen LogP contribution >= 0.6 is 11.5 Å². The fourth-order valence-electron chi connectivity index (χ4n) is 1.98. The average molecular weight is 350 g/mol. The fraction of sp³-hybridized carbons (Fsp3) is 0.438. The summed E-state index contributed by atoms with van der Waals surface area (Å²) in [5.74, 6) is 2.13. The van der Waals surface area contributed by atoms with E-state index in [-0.39, 0.29) is 18.4 Å². The van der Waals surface area contributed by atoms with Crippen molar-refractivity contribution in [2.75, 3.05) is 38.0 Å². The molecule has 1 aromatic heterocycles. The Balaban J connectivity index is 2.01. The second kappa shape index (κ2) is 7.96. The molecule has 0 unspecified atom stereocenters. The van der Waals surface area contributed by atoms with E-state index in [9.17, 15) is 4.79 Å². The van der Waals surface area contributed by atoms with Gasteiger partial charge in [-0.1, -0.05) is 13.8 Å². The van der Waals surface area contributed by atoms with Crippen molar-refractivity contribution < 1.29 is 14.3 Å². The second-order valence-corrected chi connectivity index (χ2v) is 6.33. The first-order chi connectivity index (χ1) is 11.4. The molecule has 7 nitrogen and oxygen atoms in total. The Hall–Kier alpha value is -2.35. The molecule has 8 heteroatoms. The normalized spacial score (nSPS) is 10.6. The number of carbonyl (C=O) groups excluding carboxylic acids is 1. The van der Waals surface area contributed by atoms with Gasteiger partial charge in [-0.3, -0.25) is 4.79 Å². The molecule has 1 N–H and O–H groups in total. The van der Waals surface area contributed by atoms with Gasteiger partial charge in [-0.15, -0.1) is 0 Å². The van der Waals surface area contributed by atoms with E-state index < -0.39 is 0 Å². The summed E-state index contributed by atoms with van der Waals surface area (Å²) in [5.41, 5.74) is 0.615. The third-order valence-electron chi connectivity index (χ3n) is 3.29. The highest BCUT2D eigenvalue weighted by molar-refractivity contribution is 7.09. The van der Waals surface area contributed by atoms with Gasteiger partial charge in [0, 0.05) is 48.4 Å². The number of likely N-dealkylation sites (N-methyl/N-ethyl adjacent to an activating group) is 1. The molecular formula is C16H22N4O3S. The molecule has 0 aliphatic heterocycles. The lowest BCUT2D eigenvalue weighted by Crippen LogP contribution is -2.30. The van der Waals surface area contributed by atoms with Gasteiger partial charge >= 0.3 is 0 Å². The predicted octanol–water partition coefficient (Wildman–Crippen LogP) is 2.75. The topological polar surface area (TPSA) is 76.6 Å². The molecule has 0 aliphatic rings. The van der Waals surface area contributed by atoms with Gasteiger partial charge in [-0.2, -0.15) is 4.37 Å². The summed E-state index contributed by atoms with van der Waals surface area (Å²) in [6.07, 6.45) is 0. The molecule has 1 amide bonds. The van der Waals surface area contributed by atoms with Crippen molar-refractivity contribution in [1.82, 2.24) is 9.36 Å². The SMILES string of the molecule is COc1cc(NC(=O)CN(C)c2nc(C(C)C)ns2)cc(OC)c1. The minimum absolute atomic E-state index is 0.158. The molecule has 0 aliphatic carbocycles. The van der Waals surface area contributed by atoms with E-state index in [1.54, 1.807) is 37.3 Å². The Kier molecular flexibility index (Phi) is 5.97. The number of nitrogens with one attached hydrogen (secondary N) is 1. The van der Waals surface area contributed by atoms with Crippen molar-refractivity contribution in [2.45, 2.75) is 19.8 Å². The second-order valence-electron chi connectivity index (χ2n) is 5.60. The summed E-state index contributed by atoms with van der Waals surface area (Å²) in [7, 11) is 4.95. The number of ether oxygens (including phenoxy) is 2. The van der Waals surface area contributed by atoms with Gasteiger partial charge in [-0.25, -0.2) is 4.98 Å². The molecule has 0 bridgehead atoms. The van der Waals surface area contributed by atoms with Crippen LogP contribution in [0.5, 0.6) is 11.5 Å². The molecular weight excluding hydrogens is 328 g/mol. The highest BCUT2D eigenvalue weighted by atomic mass is 32.1. The van der Waals surface area contributed by atoms with Gasteiger partial charge in [0.1, 0.15) is 17.3 Å². The Morgan fingerprint density at radius 2 is 1.88 bits per heavy atom. The summed E-state index contributed by atoms with van der Waals surface area (Å²) < 4.78 is 14.7. The van der Waals surface area contributed by atoms with E-state index in [4.69, 9.17) is 9.47 Å². The molecule has 0 radical (unpaired) electrons. The number of hydrogen-bond acceptors (Lipinski definition) is 7. The van der Waals surface area contributed by atoms with Crippen LogP contribution in [0.25, 0.3) is 0 Å². The van der Waals surface area contributed by atoms with Crippen molar-refractivity contribution in [2.24, 2.45) is 0 Å². The van der Waals surface area contributed by atoms with Crippen molar-refractivity contribution in [3.8, 4) is 11.5 Å². The maximum absolute atomic E-state index is 12.3. The van der Waals surface area contributed by atoms with Crippen LogP contribution in [0.4, 0.5) is 10.8 Å². The van der Waals surface area contributed by atoms with Gasteiger partial charge in [0.25, 0.3) is 0 Å². The smallest absolute Gasteiger partial charge is 0.243 e. The maximum Gasteiger partial charge on any atom is 0.243 e. The largest absolute Gasteiger partial charge is 0.497 e. The highest BCUT2D eigenvalue weighted by Gasteiger charge is 2.14. The Morgan fingerprint density at radius 3 is 2.38 bits per heavy atom. The first-order valence-electron chi connectivity index (χ1n) is 7.50. The van der Waals surface area contributed by atoms with Crippen LogP contribution in [0.1, 0.15) is 25.6 Å². The molecule has 0 spiro atoms. The van der Waals surface area contributed by atoms with Crippen LogP contribution in [0, 0.1) is 0 Å². The fourth-order valence-corrected chi connectivity index (χ4v) is 2.74. The minimum Gasteiger partial charge on any atom is -0.497 e. The number of rotatable bonds is 7. The van der Waals surface area contributed by atoms with Crippen LogP contribution in [0.3, 0.4) is 0 Å². The zero-order chi connectivity index (χ0) is 17.7. The number of hydrogen-bond donors (Lipinski definition) is 1. The predicted molar refractivity (Wildman–Crippen MR) is 95.4 cm³/mol. The number of anilines is 2. The van der Waals surface area contributed by atoms with E-state index in [2.05, 4.69) is 14.7 Å². The molecule has 2 rings (SSSR count). The van der Waals surface area contributed by atoms with Crippen molar-refractivity contribution in [3.05, 3.63) is 24.0 Å². The van der Waals surface area contributed by atoms with Gasteiger partial charge in [0.2, 0.25) is 11.0 Å². The van der Waals surface area contributed by atoms with E-state index in [0.29, 0.717) is 17.2 Å². The Morgan fingerprint density at radius 1 is 1.25 bits per heavy atom. The summed E-state index contributed by atoms with van der Waals surface area (Å²) in [6.45, 7) is 4.25. The quantitative estimate of drug-likeness (QED) is 0.827. The lowest BCUT2D eigenvalue weighted by molar-refractivity contribution is -0.114. The van der Waals surface area contributed by atoms with Crippen LogP contribution in [0.2, 0.25) is 0 Å². The first-order valence-corrected chi connectivity index (χ1v) is 8.28. The first kappa shape index (κ1) is 18.0. The number of aromatic nitrogens is 2. The summed E-state index contributed by atoms with van der Waals surface area (Å²) >= 11 is 1.29. The molecule has 24 heavy (non-hydrogen) atoms. The summed E-state index contributed by atoms with van der Waals surface area (Å²) in [6, 6.07) is 5.22. The van der Waals surface area contributed by atoms with Crippen LogP contribution in [0.15, 0.2) is 18.2 Å². The molecule has 0 fully saturated rings. The summed E-state index contributed by atoms with van der Waals surface area (Å²) in [4.78, 5) is 18.5. The minimum atomic E-state index is -0.158. The standard InChI is InChI=1S/C16H22N4O3S/c1-10(2)15-18-16(24-19-15)20(3)9-14(21)17-11-6-12(22-4)8-13(7-11)23-5/h6-8,10H,9H2,1-5H3,(H,17,21). The van der Waals surface area contributed by atoms with Gasteiger partial charge < -0.3 is 19.7 Å². The van der Waals surface area contributed by atoms with Crippen molar-refractivity contribution in [1.29, 1.82) is 0 Å². The van der Waals surface area contributed by atoms with Crippen LogP contribution < -0.4 is 19.7 Å². The van der Waals surface area contributed by atoms with E-state index >= 15 is 0 Å². The molecule has 0 saturated heterocycles. The lowest BCUT2D eigenvalue weighted by atomic mass is 10.2. The van der Waals surface area contributed by atoms with Crippen molar-refractivity contribution >= 4 is 28.3 Å². The molecule has 0 saturated carbocycles. The van der Waals surface area contributed by atoms with Crippen LogP contribution in [-0.4, -0.2) is 43.1 Å². The van der Waals surface area contributed by atoms with E-state index in [0.717, 1.165) is 11.0 Å². The van der Waals surface area contributed by atoms with Crippen LogP contribution in [-0.2, 0) is 4.79 Å². The van der Waals surface area contributed by atoms with E-state index in [1.807, 2.05) is 20.9 Å². The maximum atomic E-state index is 12.3. The average Bonchev–Trinajstić information content (AvgIpc) is 3.04. The summed E-state index contributed by atoms with van der Waals surface area (Å²) in [5, 5.41) is 3.56. The molecule has 130 valence electrons. The molecule has 0 atom stereocenters. The van der Waals surface area contributed by atoms with Gasteiger partial charge in [0.05, 0.1) is 20.8 Å². The monoisotopic (exact) mass is 350 g/mol. The number of methoxy groups -OCH3 is 2. The number of amides is 1. The van der Waals surface area contributed by atoms with Gasteiger partial charge in [-0.05, 0) is 0 Å². The molecule has 1 aromatic carbocycles. The molecule has 2 aromatic rings. The van der Waals surface area contributed by atoms with E-state index in [1.165, 1.54) is 11.5 Å². The number of benzene rings is 1. The number of carbonyl (C=O) groups is 1. The Labute approximate surface area is 145 Å². The zero-order valence-corrected chi connectivity index (χ0v) is 15.3. The van der Waals surface area contributed by atoms with Crippen molar-refractivity contribution in [3.63, 3.8) is 0 Å².